The van der Waals surface area contributed by atoms with E-state index in [4.69, 9.17) is 4.74 Å². The zero-order valence-electron chi connectivity index (χ0n) is 16.1. The number of pyridine rings is 1. The lowest BCUT2D eigenvalue weighted by Gasteiger charge is -2.35. The van der Waals surface area contributed by atoms with Gasteiger partial charge in [-0.1, -0.05) is 30.3 Å². The standard InChI is InChI=1S/C22H24N4O3/c27-22(28)21(18-13-24-26(16-18)15-17-5-2-1-3-6-17)25-11-8-19(9-12-25)29-20-7-4-10-23-14-20/h1-7,10,13-14,16,19,21H,8-9,11-12,15H2,(H,27,28)/t21-/m1/s1. The predicted molar refractivity (Wildman–Crippen MR) is 108 cm³/mol. The molecule has 0 radical (unpaired) electrons. The lowest BCUT2D eigenvalue weighted by atomic mass is 10.0. The average molecular weight is 392 g/mol. The molecule has 0 bridgehead atoms. The molecule has 1 aromatic carbocycles. The van der Waals surface area contributed by atoms with E-state index in [1.807, 2.05) is 53.6 Å². The van der Waals surface area contributed by atoms with Gasteiger partial charge in [0.1, 0.15) is 17.9 Å². The smallest absolute Gasteiger partial charge is 0.325 e. The van der Waals surface area contributed by atoms with E-state index in [1.165, 1.54) is 0 Å². The first-order valence-electron chi connectivity index (χ1n) is 9.79. The molecule has 2 aromatic heterocycles. The number of benzene rings is 1. The molecule has 4 rings (SSSR count). The molecule has 0 unspecified atom stereocenters. The van der Waals surface area contributed by atoms with Crippen LogP contribution in [0.1, 0.15) is 30.0 Å². The Morgan fingerprint density at radius 1 is 1.14 bits per heavy atom. The van der Waals surface area contributed by atoms with E-state index >= 15 is 0 Å². The maximum Gasteiger partial charge on any atom is 0.325 e. The summed E-state index contributed by atoms with van der Waals surface area (Å²) >= 11 is 0. The minimum Gasteiger partial charge on any atom is -0.489 e. The Bertz CT molecular complexity index is 922. The molecule has 1 aliphatic heterocycles. The van der Waals surface area contributed by atoms with Crippen LogP contribution in [0.2, 0.25) is 0 Å². The van der Waals surface area contributed by atoms with Gasteiger partial charge in [0.25, 0.3) is 0 Å². The normalized spacial score (nSPS) is 16.4. The van der Waals surface area contributed by atoms with Crippen LogP contribution in [0.3, 0.4) is 0 Å². The monoisotopic (exact) mass is 392 g/mol. The van der Waals surface area contributed by atoms with Gasteiger partial charge in [-0.2, -0.15) is 5.10 Å². The fraction of sp³-hybridized carbons (Fsp3) is 0.318. The molecule has 3 aromatic rings. The van der Waals surface area contributed by atoms with Gasteiger partial charge in [0.2, 0.25) is 0 Å². The third-order valence-corrected chi connectivity index (χ3v) is 5.17. The molecular weight excluding hydrogens is 368 g/mol. The highest BCUT2D eigenvalue weighted by molar-refractivity contribution is 5.75. The molecular formula is C22H24N4O3. The van der Waals surface area contributed by atoms with Gasteiger partial charge in [-0.3, -0.25) is 19.4 Å². The number of rotatable bonds is 7. The summed E-state index contributed by atoms with van der Waals surface area (Å²) in [5, 5.41) is 14.2. The second-order valence-corrected chi connectivity index (χ2v) is 7.24. The van der Waals surface area contributed by atoms with Crippen LogP contribution in [-0.2, 0) is 11.3 Å². The summed E-state index contributed by atoms with van der Waals surface area (Å²) in [6.07, 6.45) is 8.54. The molecule has 1 atom stereocenters. The minimum absolute atomic E-state index is 0.0747. The number of aliphatic carboxylic acids is 1. The largest absolute Gasteiger partial charge is 0.489 e. The Balaban J connectivity index is 1.39. The second kappa shape index (κ2) is 8.87. The van der Waals surface area contributed by atoms with Crippen LogP contribution in [0.5, 0.6) is 5.75 Å². The van der Waals surface area contributed by atoms with Gasteiger partial charge in [0, 0.05) is 31.0 Å². The number of hydrogen-bond acceptors (Lipinski definition) is 5. The van der Waals surface area contributed by atoms with E-state index in [-0.39, 0.29) is 6.10 Å². The molecule has 29 heavy (non-hydrogen) atoms. The van der Waals surface area contributed by atoms with Crippen molar-refractivity contribution < 1.29 is 14.6 Å². The maximum absolute atomic E-state index is 12.0. The third kappa shape index (κ3) is 4.81. The number of carboxylic acids is 1. The Kier molecular flexibility index (Phi) is 5.86. The summed E-state index contributed by atoms with van der Waals surface area (Å²) in [4.78, 5) is 18.1. The number of nitrogens with zero attached hydrogens (tertiary/aromatic N) is 4. The van der Waals surface area contributed by atoms with Crippen molar-refractivity contribution in [2.45, 2.75) is 31.5 Å². The number of likely N-dealkylation sites (tertiary alicyclic amines) is 1. The highest BCUT2D eigenvalue weighted by Crippen LogP contribution is 2.26. The average Bonchev–Trinajstić information content (AvgIpc) is 3.18. The first kappa shape index (κ1) is 19.1. The maximum atomic E-state index is 12.0. The fourth-order valence-corrected chi connectivity index (χ4v) is 3.75. The van der Waals surface area contributed by atoms with Crippen molar-refractivity contribution in [2.75, 3.05) is 13.1 Å². The summed E-state index contributed by atoms with van der Waals surface area (Å²) in [6.45, 7) is 1.94. The zero-order valence-corrected chi connectivity index (χ0v) is 16.1. The van der Waals surface area contributed by atoms with E-state index in [0.717, 1.165) is 24.2 Å². The topological polar surface area (TPSA) is 80.5 Å². The third-order valence-electron chi connectivity index (χ3n) is 5.17. The molecule has 0 aliphatic carbocycles. The lowest BCUT2D eigenvalue weighted by molar-refractivity contribution is -0.144. The van der Waals surface area contributed by atoms with E-state index < -0.39 is 12.0 Å². The number of aromatic nitrogens is 3. The summed E-state index contributed by atoms with van der Waals surface area (Å²) in [6, 6.07) is 13.0. The van der Waals surface area contributed by atoms with E-state index in [0.29, 0.717) is 25.2 Å². The number of ether oxygens (including phenoxy) is 1. The molecule has 7 heteroatoms. The number of carbonyl (C=O) groups is 1. The van der Waals surface area contributed by atoms with Gasteiger partial charge in [-0.15, -0.1) is 0 Å². The first-order chi connectivity index (χ1) is 14.2. The van der Waals surface area contributed by atoms with E-state index in [1.54, 1.807) is 23.3 Å². The SMILES string of the molecule is O=C(O)[C@@H](c1cnn(Cc2ccccc2)c1)N1CCC(Oc2cccnc2)CC1. The summed E-state index contributed by atoms with van der Waals surface area (Å²) in [7, 11) is 0. The van der Waals surface area contributed by atoms with Gasteiger partial charge in [0.15, 0.2) is 0 Å². The zero-order chi connectivity index (χ0) is 20.1. The Morgan fingerprint density at radius 2 is 1.93 bits per heavy atom. The molecule has 0 spiro atoms. The summed E-state index contributed by atoms with van der Waals surface area (Å²) in [5.41, 5.74) is 1.84. The number of carboxylic acid groups (broad SMARTS) is 1. The van der Waals surface area contributed by atoms with Crippen molar-refractivity contribution >= 4 is 5.97 Å². The Hall–Kier alpha value is -3.19. The number of piperidine rings is 1. The van der Waals surface area contributed by atoms with Crippen LogP contribution in [0.25, 0.3) is 0 Å². The van der Waals surface area contributed by atoms with Crippen LogP contribution in [-0.4, -0.2) is 49.9 Å². The van der Waals surface area contributed by atoms with Crippen molar-refractivity contribution in [1.29, 1.82) is 0 Å². The Labute approximate surface area is 169 Å². The molecule has 3 heterocycles. The quantitative estimate of drug-likeness (QED) is 0.666. The summed E-state index contributed by atoms with van der Waals surface area (Å²) in [5.74, 6) is -0.0983. The van der Waals surface area contributed by atoms with Crippen molar-refractivity contribution in [3.8, 4) is 5.75 Å². The van der Waals surface area contributed by atoms with Crippen LogP contribution < -0.4 is 4.74 Å². The van der Waals surface area contributed by atoms with Crippen molar-refractivity contribution in [3.63, 3.8) is 0 Å². The van der Waals surface area contributed by atoms with Gasteiger partial charge in [-0.25, -0.2) is 0 Å². The molecule has 1 N–H and O–H groups in total. The van der Waals surface area contributed by atoms with Crippen molar-refractivity contribution in [2.24, 2.45) is 0 Å². The summed E-state index contributed by atoms with van der Waals surface area (Å²) < 4.78 is 7.76. The van der Waals surface area contributed by atoms with Crippen LogP contribution in [0.4, 0.5) is 0 Å². The van der Waals surface area contributed by atoms with Gasteiger partial charge >= 0.3 is 5.97 Å². The lowest BCUT2D eigenvalue weighted by Crippen LogP contribution is -2.42. The molecule has 7 nitrogen and oxygen atoms in total. The van der Waals surface area contributed by atoms with Gasteiger partial charge in [0.05, 0.1) is 18.9 Å². The molecule has 1 aliphatic rings. The minimum atomic E-state index is -0.851. The highest BCUT2D eigenvalue weighted by Gasteiger charge is 2.32. The van der Waals surface area contributed by atoms with Crippen molar-refractivity contribution in [1.82, 2.24) is 19.7 Å². The van der Waals surface area contributed by atoms with E-state index in [2.05, 4.69) is 10.1 Å². The first-order valence-corrected chi connectivity index (χ1v) is 9.79. The van der Waals surface area contributed by atoms with Gasteiger partial charge in [-0.05, 0) is 30.5 Å². The van der Waals surface area contributed by atoms with Gasteiger partial charge < -0.3 is 9.84 Å². The molecule has 0 amide bonds. The molecule has 1 fully saturated rings. The predicted octanol–water partition coefficient (Wildman–Crippen LogP) is 3.00. The number of hydrogen-bond donors (Lipinski definition) is 1. The molecule has 150 valence electrons. The van der Waals surface area contributed by atoms with Crippen LogP contribution in [0, 0.1) is 0 Å². The highest BCUT2D eigenvalue weighted by atomic mass is 16.5. The van der Waals surface area contributed by atoms with E-state index in [9.17, 15) is 9.90 Å². The molecule has 0 saturated carbocycles. The second-order valence-electron chi connectivity index (χ2n) is 7.24. The van der Waals surface area contributed by atoms with Crippen LogP contribution >= 0.6 is 0 Å². The van der Waals surface area contributed by atoms with Crippen LogP contribution in [0.15, 0.2) is 67.3 Å². The fourth-order valence-electron chi connectivity index (χ4n) is 3.75. The van der Waals surface area contributed by atoms with Crippen molar-refractivity contribution in [3.05, 3.63) is 78.4 Å². The Morgan fingerprint density at radius 3 is 2.62 bits per heavy atom. The molecule has 1 saturated heterocycles.